The molecule has 0 aliphatic heterocycles. The molecule has 4 aromatic rings. The molecule has 4 rings (SSSR count). The number of rotatable bonds is 6. The highest BCUT2D eigenvalue weighted by Gasteiger charge is 2.16. The fourth-order valence-electron chi connectivity index (χ4n) is 4.02. The van der Waals surface area contributed by atoms with Crippen molar-refractivity contribution < 1.29 is 4.52 Å². The van der Waals surface area contributed by atoms with Crippen LogP contribution in [0, 0.1) is 0 Å². The zero-order chi connectivity index (χ0) is 20.2. The predicted octanol–water partition coefficient (Wildman–Crippen LogP) is 6.76. The van der Waals surface area contributed by atoms with Crippen molar-refractivity contribution >= 4 is 0 Å². The summed E-state index contributed by atoms with van der Waals surface area (Å²) in [5.41, 5.74) is 10.5. The highest BCUT2D eigenvalue weighted by molar-refractivity contribution is 5.81. The van der Waals surface area contributed by atoms with Crippen LogP contribution in [-0.4, -0.2) is 10.1 Å². The number of pyridine rings is 1. The number of nitrogens with zero attached hydrogens (tertiary/aromatic N) is 2. The van der Waals surface area contributed by atoms with E-state index in [2.05, 4.69) is 67.3 Å². The van der Waals surface area contributed by atoms with Crippen LogP contribution in [0.1, 0.15) is 37.5 Å². The van der Waals surface area contributed by atoms with E-state index < -0.39 is 0 Å². The Morgan fingerprint density at radius 2 is 1.45 bits per heavy atom. The maximum atomic E-state index is 5.41. The third kappa shape index (κ3) is 3.73. The molecule has 0 saturated carbocycles. The Balaban J connectivity index is 1.74. The van der Waals surface area contributed by atoms with Gasteiger partial charge in [-0.2, -0.15) is 0 Å². The summed E-state index contributed by atoms with van der Waals surface area (Å²) in [4.78, 5) is 4.43. The van der Waals surface area contributed by atoms with E-state index in [4.69, 9.17) is 4.52 Å². The molecular formula is C26H26N2O. The number of aryl methyl sites for hydroxylation is 2. The molecule has 29 heavy (non-hydrogen) atoms. The molecule has 3 nitrogen and oxygen atoms in total. The summed E-state index contributed by atoms with van der Waals surface area (Å²) in [6, 6.07) is 18.9. The topological polar surface area (TPSA) is 38.9 Å². The van der Waals surface area contributed by atoms with E-state index in [0.717, 1.165) is 52.9 Å². The van der Waals surface area contributed by atoms with E-state index in [1.54, 1.807) is 6.26 Å². The van der Waals surface area contributed by atoms with Crippen molar-refractivity contribution in [2.45, 2.75) is 40.0 Å². The Bertz CT molecular complexity index is 1070. The van der Waals surface area contributed by atoms with Gasteiger partial charge in [0.15, 0.2) is 0 Å². The Labute approximate surface area is 172 Å². The summed E-state index contributed by atoms with van der Waals surface area (Å²) in [5, 5.41) is 4.36. The highest BCUT2D eigenvalue weighted by Crippen LogP contribution is 2.34. The molecule has 0 saturated heterocycles. The van der Waals surface area contributed by atoms with Crippen molar-refractivity contribution in [3.8, 4) is 33.6 Å². The molecule has 146 valence electrons. The second-order valence-corrected chi connectivity index (χ2v) is 7.20. The van der Waals surface area contributed by atoms with Crippen molar-refractivity contribution in [2.75, 3.05) is 0 Å². The van der Waals surface area contributed by atoms with E-state index in [-0.39, 0.29) is 0 Å². The minimum atomic E-state index is 0.905. The summed E-state index contributed by atoms with van der Waals surface area (Å²) in [5.74, 6) is 0. The Kier molecular flexibility index (Phi) is 5.57. The largest absolute Gasteiger partial charge is 0.363 e. The van der Waals surface area contributed by atoms with Crippen LogP contribution in [0.3, 0.4) is 0 Å². The molecule has 0 amide bonds. The summed E-state index contributed by atoms with van der Waals surface area (Å²) >= 11 is 0. The van der Waals surface area contributed by atoms with Crippen LogP contribution in [0.4, 0.5) is 0 Å². The monoisotopic (exact) mass is 382 g/mol. The van der Waals surface area contributed by atoms with Gasteiger partial charge in [-0.05, 0) is 65.8 Å². The van der Waals surface area contributed by atoms with Gasteiger partial charge >= 0.3 is 0 Å². The van der Waals surface area contributed by atoms with E-state index in [0.29, 0.717) is 0 Å². The molecule has 2 aromatic carbocycles. The van der Waals surface area contributed by atoms with E-state index >= 15 is 0 Å². The van der Waals surface area contributed by atoms with Gasteiger partial charge in [0.05, 0.1) is 5.69 Å². The zero-order valence-corrected chi connectivity index (χ0v) is 17.3. The van der Waals surface area contributed by atoms with E-state index in [1.165, 1.54) is 16.7 Å². The second-order valence-electron chi connectivity index (χ2n) is 7.20. The van der Waals surface area contributed by atoms with Gasteiger partial charge in [-0.3, -0.25) is 4.98 Å². The molecule has 0 aliphatic carbocycles. The zero-order valence-electron chi connectivity index (χ0n) is 17.3. The molecule has 0 spiro atoms. The molecule has 0 bridgehead atoms. The average Bonchev–Trinajstić information content (AvgIpc) is 3.28. The lowest BCUT2D eigenvalue weighted by atomic mass is 9.90. The highest BCUT2D eigenvalue weighted by atomic mass is 16.5. The first-order chi connectivity index (χ1) is 14.2. The summed E-state index contributed by atoms with van der Waals surface area (Å²) < 4.78 is 5.41. The average molecular weight is 383 g/mol. The Hall–Kier alpha value is -3.20. The Morgan fingerprint density at radius 3 is 2.03 bits per heavy atom. The van der Waals surface area contributed by atoms with Gasteiger partial charge in [-0.15, -0.1) is 0 Å². The lowest BCUT2D eigenvalue weighted by Crippen LogP contribution is -1.99. The molecule has 0 fully saturated rings. The number of hydrogen-bond acceptors (Lipinski definition) is 3. The maximum Gasteiger partial charge on any atom is 0.132 e. The van der Waals surface area contributed by atoms with Crippen LogP contribution in [0.5, 0.6) is 0 Å². The third-order valence-electron chi connectivity index (χ3n) is 5.55. The quantitative estimate of drug-likeness (QED) is 0.370. The molecule has 3 heteroatoms. The molecule has 0 aliphatic rings. The van der Waals surface area contributed by atoms with Crippen molar-refractivity contribution in [1.29, 1.82) is 0 Å². The van der Waals surface area contributed by atoms with Gasteiger partial charge in [0.1, 0.15) is 12.0 Å². The van der Waals surface area contributed by atoms with E-state index in [1.807, 2.05) is 24.4 Å². The number of aromatic nitrogens is 2. The van der Waals surface area contributed by atoms with Crippen molar-refractivity contribution in [2.24, 2.45) is 0 Å². The SMILES string of the molecule is CCc1cc(-c2nocc2-c2ccc(-c3ccccn3)cc2)cc(CC)c1CC. The van der Waals surface area contributed by atoms with Gasteiger partial charge in [0.2, 0.25) is 0 Å². The second kappa shape index (κ2) is 8.44. The maximum absolute atomic E-state index is 5.41. The van der Waals surface area contributed by atoms with Gasteiger partial charge in [-0.25, -0.2) is 0 Å². The third-order valence-corrected chi connectivity index (χ3v) is 5.55. The molecule has 2 aromatic heterocycles. The van der Waals surface area contributed by atoms with Gasteiger partial charge in [0, 0.05) is 22.9 Å². The first-order valence-electron chi connectivity index (χ1n) is 10.4. The van der Waals surface area contributed by atoms with Crippen LogP contribution in [0.15, 0.2) is 71.6 Å². The minimum absolute atomic E-state index is 0.905. The lowest BCUT2D eigenvalue weighted by molar-refractivity contribution is 0.422. The molecule has 0 radical (unpaired) electrons. The summed E-state index contributed by atoms with van der Waals surface area (Å²) in [6.07, 6.45) is 6.67. The predicted molar refractivity (Wildman–Crippen MR) is 119 cm³/mol. The smallest absolute Gasteiger partial charge is 0.132 e. The summed E-state index contributed by atoms with van der Waals surface area (Å²) in [6.45, 7) is 6.67. The lowest BCUT2D eigenvalue weighted by Gasteiger charge is -2.14. The molecule has 0 N–H and O–H groups in total. The van der Waals surface area contributed by atoms with Crippen LogP contribution in [-0.2, 0) is 19.3 Å². The van der Waals surface area contributed by atoms with Crippen molar-refractivity contribution in [1.82, 2.24) is 10.1 Å². The van der Waals surface area contributed by atoms with Crippen LogP contribution in [0.2, 0.25) is 0 Å². The van der Waals surface area contributed by atoms with Gasteiger partial charge in [0.25, 0.3) is 0 Å². The number of hydrogen-bond donors (Lipinski definition) is 0. The molecule has 0 atom stereocenters. The van der Waals surface area contributed by atoms with Gasteiger partial charge in [-0.1, -0.05) is 56.3 Å². The standard InChI is InChI=1S/C26H26N2O/c1-4-18-15-22(16-19(5-2)23(18)6-3)26-24(17-29-28-26)20-10-12-21(13-11-20)25-9-7-8-14-27-25/h7-17H,4-6H2,1-3H3. The molecular weight excluding hydrogens is 356 g/mol. The van der Waals surface area contributed by atoms with Crippen LogP contribution >= 0.6 is 0 Å². The first-order valence-corrected chi connectivity index (χ1v) is 10.4. The Morgan fingerprint density at radius 1 is 0.759 bits per heavy atom. The minimum Gasteiger partial charge on any atom is -0.363 e. The van der Waals surface area contributed by atoms with Crippen molar-refractivity contribution in [3.05, 3.63) is 83.7 Å². The normalized spacial score (nSPS) is 11.0. The van der Waals surface area contributed by atoms with Crippen molar-refractivity contribution in [3.63, 3.8) is 0 Å². The van der Waals surface area contributed by atoms with Crippen LogP contribution < -0.4 is 0 Å². The molecule has 2 heterocycles. The molecule has 0 unspecified atom stereocenters. The first kappa shape index (κ1) is 19.1. The number of benzene rings is 2. The van der Waals surface area contributed by atoms with Crippen LogP contribution in [0.25, 0.3) is 33.6 Å². The van der Waals surface area contributed by atoms with Gasteiger partial charge < -0.3 is 4.52 Å². The fraction of sp³-hybridized carbons (Fsp3) is 0.231. The summed E-state index contributed by atoms with van der Waals surface area (Å²) in [7, 11) is 0. The van der Waals surface area contributed by atoms with E-state index in [9.17, 15) is 0 Å². The fourth-order valence-corrected chi connectivity index (χ4v) is 4.02.